The third kappa shape index (κ3) is 14.9. The van der Waals surface area contributed by atoms with Crippen molar-refractivity contribution in [2.24, 2.45) is 0 Å². The van der Waals surface area contributed by atoms with Crippen LogP contribution in [0.2, 0.25) is 0 Å². The first kappa shape index (κ1) is 30.4. The van der Waals surface area contributed by atoms with Crippen LogP contribution in [0.25, 0.3) is 0 Å². The summed E-state index contributed by atoms with van der Waals surface area (Å²) < 4.78 is 20.3. The second-order valence-electron chi connectivity index (χ2n) is 7.28. The molecule has 1 rings (SSSR count). The Morgan fingerprint density at radius 2 is 2.15 bits per heavy atom. The molecule has 182 valence electrons. The molecule has 1 aliphatic heterocycles. The molecule has 0 saturated carbocycles. The molecule has 0 aromatic carbocycles. The molecule has 1 aliphatic rings. The summed E-state index contributed by atoms with van der Waals surface area (Å²) in [5.74, 6) is 12.0. The van der Waals surface area contributed by atoms with Crippen LogP contribution in [0.1, 0.15) is 40.0 Å². The number of hydrogen-bond acceptors (Lipinski definition) is 4. The van der Waals surface area contributed by atoms with E-state index in [0.29, 0.717) is 13.0 Å². The molecule has 0 aromatic rings. The molecule has 0 bridgehead atoms. The maximum atomic E-state index is 11.9. The van der Waals surface area contributed by atoms with E-state index in [9.17, 15) is 4.21 Å². The molecule has 3 atom stereocenters. The van der Waals surface area contributed by atoms with Gasteiger partial charge in [0, 0.05) is 54.1 Å². The number of rotatable bonds is 14. The van der Waals surface area contributed by atoms with Crippen molar-refractivity contribution in [2.75, 3.05) is 26.7 Å². The number of nitrogens with one attached hydrogen (secondary N) is 2. The van der Waals surface area contributed by atoms with E-state index in [1.165, 1.54) is 5.70 Å². The predicted octanol–water partition coefficient (Wildman–Crippen LogP) is 4.00. The molecular formula is C27H41N3O2S. The average molecular weight is 472 g/mol. The van der Waals surface area contributed by atoms with Gasteiger partial charge in [0.05, 0.1) is 17.9 Å². The second-order valence-corrected chi connectivity index (χ2v) is 9.63. The Balaban J connectivity index is 0.000000653. The molecule has 0 radical (unpaired) electrons. The van der Waals surface area contributed by atoms with Crippen molar-refractivity contribution in [2.45, 2.75) is 51.4 Å². The van der Waals surface area contributed by atoms with Crippen LogP contribution < -0.4 is 10.0 Å². The molecule has 2 N–H and O–H groups in total. The summed E-state index contributed by atoms with van der Waals surface area (Å²) in [4.78, 5) is 2.06. The van der Waals surface area contributed by atoms with Gasteiger partial charge in [0.25, 0.3) is 0 Å². The summed E-state index contributed by atoms with van der Waals surface area (Å²) >= 11 is 0. The molecule has 33 heavy (non-hydrogen) atoms. The Labute approximate surface area is 202 Å². The highest BCUT2D eigenvalue weighted by atomic mass is 32.2. The van der Waals surface area contributed by atoms with Crippen LogP contribution in [0.15, 0.2) is 61.1 Å². The second kappa shape index (κ2) is 18.9. The normalized spacial score (nSPS) is 16.7. The number of nitrogens with zero attached hydrogens (tertiary/aromatic N) is 1. The van der Waals surface area contributed by atoms with Gasteiger partial charge in [-0.25, -0.2) is 4.72 Å². The zero-order chi connectivity index (χ0) is 25.0. The number of methoxy groups -OCH3 is 1. The molecule has 1 heterocycles. The van der Waals surface area contributed by atoms with Crippen molar-refractivity contribution in [3.63, 3.8) is 0 Å². The van der Waals surface area contributed by atoms with Gasteiger partial charge in [0.2, 0.25) is 0 Å². The van der Waals surface area contributed by atoms with Gasteiger partial charge in [0.15, 0.2) is 0 Å². The standard InChI is InChI=1S/C16H24N2O.C11H17NOS/c1-4-10-17-15(2)14-16(19-3)9-8-13-18-11-6-5-7-12-18;1-5-8-9-10-11(6-2)14(4,13)12-7-3/h6,8,11,13-14,16-17H,4,9-10,12H2,1-3H3;1,6,8-9,11H,2,4,7,10H2,3H3,(H,12,13)/b13-8+,15-14+;9-8+. The first-order chi connectivity index (χ1) is 15.8. The van der Waals surface area contributed by atoms with Gasteiger partial charge >= 0.3 is 0 Å². The van der Waals surface area contributed by atoms with Crippen LogP contribution in [0, 0.1) is 24.2 Å². The molecule has 5 nitrogen and oxygen atoms in total. The van der Waals surface area contributed by atoms with Crippen molar-refractivity contribution in [1.29, 1.82) is 0 Å². The molecule has 0 spiro atoms. The van der Waals surface area contributed by atoms with E-state index in [0.717, 1.165) is 25.9 Å². The smallest absolute Gasteiger partial charge is 0.0835 e. The highest BCUT2D eigenvalue weighted by molar-refractivity contribution is 7.99. The topological polar surface area (TPSA) is 53.6 Å². The zero-order valence-electron chi connectivity index (χ0n) is 20.7. The summed E-state index contributed by atoms with van der Waals surface area (Å²) in [5, 5.41) is 3.18. The largest absolute Gasteiger partial charge is 0.389 e. The lowest BCUT2D eigenvalue weighted by atomic mass is 10.2. The van der Waals surface area contributed by atoms with E-state index in [2.05, 4.69) is 77.3 Å². The maximum absolute atomic E-state index is 11.9. The monoisotopic (exact) mass is 471 g/mol. The van der Waals surface area contributed by atoms with Gasteiger partial charge < -0.3 is 15.0 Å². The third-order valence-electron chi connectivity index (χ3n) is 4.49. The van der Waals surface area contributed by atoms with E-state index in [4.69, 9.17) is 11.2 Å². The van der Waals surface area contributed by atoms with Gasteiger partial charge in [-0.1, -0.05) is 49.8 Å². The van der Waals surface area contributed by atoms with E-state index < -0.39 is 9.71 Å². The Hall–Kier alpha value is -2.64. The van der Waals surface area contributed by atoms with Crippen LogP contribution in [-0.2, 0) is 14.4 Å². The minimum absolute atomic E-state index is 0.112. The van der Waals surface area contributed by atoms with Crippen LogP contribution >= 0.6 is 0 Å². The fourth-order valence-electron chi connectivity index (χ4n) is 2.74. The number of ether oxygens (including phenoxy) is 1. The van der Waals surface area contributed by atoms with Gasteiger partial charge in [-0.05, 0) is 44.2 Å². The lowest BCUT2D eigenvalue weighted by Gasteiger charge is -2.16. The number of terminal acetylenes is 1. The quantitative estimate of drug-likeness (QED) is 0.228. The summed E-state index contributed by atoms with van der Waals surface area (Å²) in [6.07, 6.45) is 23.0. The molecule has 0 fully saturated rings. The summed E-state index contributed by atoms with van der Waals surface area (Å²) in [6.45, 7) is 12.2. The Bertz CT molecular complexity index is 881. The fraction of sp³-hybridized carbons (Fsp3) is 0.444. The van der Waals surface area contributed by atoms with Crippen molar-refractivity contribution >= 4 is 15.6 Å². The zero-order valence-corrected chi connectivity index (χ0v) is 21.5. The SMILES string of the molecule is C#C/C=C/CC(C=C)S(=C)(=O)NCC.CCCN/C(C)=C/C(C/C=C/N1C=CC#CC1)OC. The summed E-state index contributed by atoms with van der Waals surface area (Å²) in [5.41, 5.74) is 1.17. The average Bonchev–Trinajstić information content (AvgIpc) is 2.80. The van der Waals surface area contributed by atoms with E-state index in [1.807, 2.05) is 19.2 Å². The molecule has 0 saturated heterocycles. The molecule has 6 heteroatoms. The molecular weight excluding hydrogens is 430 g/mol. The molecule has 0 amide bonds. The van der Waals surface area contributed by atoms with Crippen molar-refractivity contribution in [3.05, 3.63) is 61.1 Å². The molecule has 0 aliphatic carbocycles. The van der Waals surface area contributed by atoms with Gasteiger partial charge in [-0.2, -0.15) is 0 Å². The van der Waals surface area contributed by atoms with Crippen LogP contribution in [0.4, 0.5) is 0 Å². The Morgan fingerprint density at radius 3 is 2.70 bits per heavy atom. The predicted molar refractivity (Wildman–Crippen MR) is 146 cm³/mol. The lowest BCUT2D eigenvalue weighted by molar-refractivity contribution is 0.142. The fourth-order valence-corrected chi connectivity index (χ4v) is 4.17. The molecule has 0 aromatic heterocycles. The van der Waals surface area contributed by atoms with Crippen LogP contribution in [0.5, 0.6) is 0 Å². The van der Waals surface area contributed by atoms with E-state index >= 15 is 0 Å². The summed E-state index contributed by atoms with van der Waals surface area (Å²) in [6, 6.07) is 0. The maximum Gasteiger partial charge on any atom is 0.0835 e. The Kier molecular flexibility index (Phi) is 17.4. The van der Waals surface area contributed by atoms with Crippen molar-refractivity contribution in [3.8, 4) is 24.2 Å². The van der Waals surface area contributed by atoms with E-state index in [-0.39, 0.29) is 11.4 Å². The first-order valence-corrected chi connectivity index (χ1v) is 13.0. The highest BCUT2D eigenvalue weighted by Gasteiger charge is 2.13. The van der Waals surface area contributed by atoms with Gasteiger partial charge in [0.1, 0.15) is 0 Å². The van der Waals surface area contributed by atoms with Crippen molar-refractivity contribution < 1.29 is 8.95 Å². The van der Waals surface area contributed by atoms with Crippen LogP contribution in [0.3, 0.4) is 0 Å². The minimum Gasteiger partial charge on any atom is -0.389 e. The third-order valence-corrected chi connectivity index (χ3v) is 6.63. The van der Waals surface area contributed by atoms with Crippen LogP contribution in [-0.4, -0.2) is 53.1 Å². The van der Waals surface area contributed by atoms with Crippen molar-refractivity contribution in [1.82, 2.24) is 14.9 Å². The first-order valence-electron chi connectivity index (χ1n) is 11.2. The summed E-state index contributed by atoms with van der Waals surface area (Å²) in [7, 11) is -0.546. The Morgan fingerprint density at radius 1 is 1.39 bits per heavy atom. The van der Waals surface area contributed by atoms with Gasteiger partial charge in [-0.15, -0.1) is 13.0 Å². The van der Waals surface area contributed by atoms with E-state index in [1.54, 1.807) is 25.3 Å². The lowest BCUT2D eigenvalue weighted by Crippen LogP contribution is -2.32. The highest BCUT2D eigenvalue weighted by Crippen LogP contribution is 2.07. The van der Waals surface area contributed by atoms with Gasteiger partial charge in [-0.3, -0.25) is 4.21 Å². The number of allylic oxidation sites excluding steroid dienone is 4. The minimum atomic E-state index is -2.29. The molecule has 3 unspecified atom stereocenters. The number of hydrogen-bond donors (Lipinski definition) is 2.